The number of nitrogens with zero attached hydrogens (tertiary/aromatic N) is 1. The molecule has 1 aromatic rings. The van der Waals surface area contributed by atoms with Gasteiger partial charge in [0.1, 0.15) is 5.75 Å². The second-order valence-electron chi connectivity index (χ2n) is 3.71. The van der Waals surface area contributed by atoms with Crippen LogP contribution in [-0.4, -0.2) is 18.6 Å². The fourth-order valence-electron chi connectivity index (χ4n) is 1.49. The fraction of sp³-hybridized carbons (Fsp3) is 0.545. The van der Waals surface area contributed by atoms with E-state index >= 15 is 0 Å². The van der Waals surface area contributed by atoms with Crippen LogP contribution >= 0.6 is 0 Å². The summed E-state index contributed by atoms with van der Waals surface area (Å²) in [5.74, 6) is 1.65. The van der Waals surface area contributed by atoms with E-state index in [9.17, 15) is 0 Å². The third kappa shape index (κ3) is 2.45. The van der Waals surface area contributed by atoms with Gasteiger partial charge in [-0.25, -0.2) is 0 Å². The van der Waals surface area contributed by atoms with Crippen LogP contribution in [0, 0.1) is 5.92 Å². The van der Waals surface area contributed by atoms with Gasteiger partial charge in [0.2, 0.25) is 0 Å². The second kappa shape index (κ2) is 4.96. The zero-order valence-corrected chi connectivity index (χ0v) is 9.03. The lowest BCUT2D eigenvalue weighted by Gasteiger charge is -2.18. The van der Waals surface area contributed by atoms with Gasteiger partial charge in [0.15, 0.2) is 0 Å². The van der Waals surface area contributed by atoms with E-state index in [0.717, 1.165) is 11.4 Å². The molecule has 0 aliphatic carbocycles. The highest BCUT2D eigenvalue weighted by Gasteiger charge is 2.15. The lowest BCUT2D eigenvalue weighted by atomic mass is 9.92. The van der Waals surface area contributed by atoms with Crippen molar-refractivity contribution in [2.75, 3.05) is 13.7 Å². The molecular weight excluding hydrogens is 176 g/mol. The van der Waals surface area contributed by atoms with E-state index in [2.05, 4.69) is 18.8 Å². The van der Waals surface area contributed by atoms with Crippen LogP contribution in [0.25, 0.3) is 0 Å². The summed E-state index contributed by atoms with van der Waals surface area (Å²) in [6.07, 6.45) is 1.76. The molecule has 3 nitrogen and oxygen atoms in total. The summed E-state index contributed by atoms with van der Waals surface area (Å²) in [7, 11) is 1.66. The van der Waals surface area contributed by atoms with Gasteiger partial charge in [-0.05, 0) is 12.0 Å². The van der Waals surface area contributed by atoms with Crippen LogP contribution in [0.4, 0.5) is 0 Å². The molecule has 1 unspecified atom stereocenters. The summed E-state index contributed by atoms with van der Waals surface area (Å²) in [5.41, 5.74) is 6.73. The molecule has 14 heavy (non-hydrogen) atoms. The molecule has 0 aliphatic heterocycles. The first-order chi connectivity index (χ1) is 6.69. The summed E-state index contributed by atoms with van der Waals surface area (Å²) in [6.45, 7) is 4.93. The largest absolute Gasteiger partial charge is 0.497 e. The van der Waals surface area contributed by atoms with Gasteiger partial charge in [0.05, 0.1) is 7.11 Å². The number of methoxy groups -OCH3 is 1. The van der Waals surface area contributed by atoms with E-state index in [-0.39, 0.29) is 0 Å². The minimum Gasteiger partial charge on any atom is -0.497 e. The van der Waals surface area contributed by atoms with E-state index < -0.39 is 0 Å². The van der Waals surface area contributed by atoms with Crippen molar-refractivity contribution < 1.29 is 4.74 Å². The first-order valence-corrected chi connectivity index (χ1v) is 4.89. The Bertz CT molecular complexity index is 286. The second-order valence-corrected chi connectivity index (χ2v) is 3.71. The molecule has 1 rings (SSSR count). The van der Waals surface area contributed by atoms with Crippen molar-refractivity contribution in [2.45, 2.75) is 19.8 Å². The average Bonchev–Trinajstić information content (AvgIpc) is 2.19. The number of aromatic nitrogens is 1. The zero-order chi connectivity index (χ0) is 10.6. The van der Waals surface area contributed by atoms with Gasteiger partial charge in [0.25, 0.3) is 0 Å². The van der Waals surface area contributed by atoms with Gasteiger partial charge < -0.3 is 10.5 Å². The Morgan fingerprint density at radius 2 is 2.21 bits per heavy atom. The topological polar surface area (TPSA) is 48.1 Å². The molecule has 2 N–H and O–H groups in total. The first kappa shape index (κ1) is 11.0. The van der Waals surface area contributed by atoms with E-state index in [1.54, 1.807) is 13.3 Å². The molecular formula is C11H18N2O. The molecule has 1 aromatic heterocycles. The molecule has 0 spiro atoms. The van der Waals surface area contributed by atoms with Gasteiger partial charge in [-0.2, -0.15) is 0 Å². The number of nitrogens with two attached hydrogens (primary N) is 1. The predicted octanol–water partition coefficient (Wildman–Crippen LogP) is 1.79. The van der Waals surface area contributed by atoms with Crippen molar-refractivity contribution >= 4 is 0 Å². The normalized spacial score (nSPS) is 12.9. The Labute approximate surface area is 85.3 Å². The molecule has 0 amide bonds. The van der Waals surface area contributed by atoms with Crippen molar-refractivity contribution in [1.29, 1.82) is 0 Å². The van der Waals surface area contributed by atoms with Crippen LogP contribution in [0.5, 0.6) is 5.75 Å². The van der Waals surface area contributed by atoms with Gasteiger partial charge in [-0.15, -0.1) is 0 Å². The third-order valence-corrected chi connectivity index (χ3v) is 2.43. The zero-order valence-electron chi connectivity index (χ0n) is 9.03. The van der Waals surface area contributed by atoms with Gasteiger partial charge in [0, 0.05) is 30.4 Å². The SMILES string of the molecule is COc1ccnc(C(CN)C(C)C)c1. The summed E-state index contributed by atoms with van der Waals surface area (Å²) in [5, 5.41) is 0. The molecule has 0 aliphatic rings. The number of pyridine rings is 1. The van der Waals surface area contributed by atoms with Crippen molar-refractivity contribution in [3.05, 3.63) is 24.0 Å². The molecule has 0 saturated heterocycles. The van der Waals surface area contributed by atoms with Crippen LogP contribution in [0.1, 0.15) is 25.5 Å². The maximum absolute atomic E-state index is 5.72. The third-order valence-electron chi connectivity index (χ3n) is 2.43. The van der Waals surface area contributed by atoms with Gasteiger partial charge in [-0.3, -0.25) is 4.98 Å². The van der Waals surface area contributed by atoms with E-state index in [1.807, 2.05) is 12.1 Å². The molecule has 0 bridgehead atoms. The van der Waals surface area contributed by atoms with Gasteiger partial charge >= 0.3 is 0 Å². The van der Waals surface area contributed by atoms with Crippen LogP contribution in [-0.2, 0) is 0 Å². The monoisotopic (exact) mass is 194 g/mol. The van der Waals surface area contributed by atoms with Crippen molar-refractivity contribution in [3.63, 3.8) is 0 Å². The maximum Gasteiger partial charge on any atom is 0.122 e. The standard InChI is InChI=1S/C11H18N2O/c1-8(2)10(7-12)11-6-9(14-3)4-5-13-11/h4-6,8,10H,7,12H2,1-3H3. The highest BCUT2D eigenvalue weighted by atomic mass is 16.5. The number of hydrogen-bond acceptors (Lipinski definition) is 3. The molecule has 0 fully saturated rings. The van der Waals surface area contributed by atoms with Crippen LogP contribution in [0.15, 0.2) is 18.3 Å². The Kier molecular flexibility index (Phi) is 3.89. The highest BCUT2D eigenvalue weighted by Crippen LogP contribution is 2.23. The quantitative estimate of drug-likeness (QED) is 0.795. The van der Waals surface area contributed by atoms with Crippen LogP contribution in [0.3, 0.4) is 0 Å². The lowest BCUT2D eigenvalue weighted by molar-refractivity contribution is 0.410. The summed E-state index contributed by atoms with van der Waals surface area (Å²) in [4.78, 5) is 4.32. The van der Waals surface area contributed by atoms with E-state index in [4.69, 9.17) is 10.5 Å². The van der Waals surface area contributed by atoms with Crippen LogP contribution in [0.2, 0.25) is 0 Å². The molecule has 1 heterocycles. The average molecular weight is 194 g/mol. The predicted molar refractivity (Wildman–Crippen MR) is 57.4 cm³/mol. The molecule has 0 radical (unpaired) electrons. The van der Waals surface area contributed by atoms with E-state index in [0.29, 0.717) is 18.4 Å². The number of ether oxygens (including phenoxy) is 1. The lowest BCUT2D eigenvalue weighted by Crippen LogP contribution is -2.18. The Hall–Kier alpha value is -1.09. The number of hydrogen-bond donors (Lipinski definition) is 1. The molecule has 78 valence electrons. The summed E-state index contributed by atoms with van der Waals surface area (Å²) in [6, 6.07) is 3.80. The van der Waals surface area contributed by atoms with Crippen molar-refractivity contribution in [1.82, 2.24) is 4.98 Å². The van der Waals surface area contributed by atoms with Crippen LogP contribution < -0.4 is 10.5 Å². The summed E-state index contributed by atoms with van der Waals surface area (Å²) < 4.78 is 5.15. The summed E-state index contributed by atoms with van der Waals surface area (Å²) >= 11 is 0. The fourth-order valence-corrected chi connectivity index (χ4v) is 1.49. The molecule has 1 atom stereocenters. The Balaban J connectivity index is 2.92. The van der Waals surface area contributed by atoms with E-state index in [1.165, 1.54) is 0 Å². The number of rotatable bonds is 4. The van der Waals surface area contributed by atoms with Crippen molar-refractivity contribution in [3.8, 4) is 5.75 Å². The highest BCUT2D eigenvalue weighted by molar-refractivity contribution is 5.25. The maximum atomic E-state index is 5.72. The molecule has 0 saturated carbocycles. The molecule has 0 aromatic carbocycles. The smallest absolute Gasteiger partial charge is 0.122 e. The Morgan fingerprint density at radius 3 is 2.71 bits per heavy atom. The van der Waals surface area contributed by atoms with Gasteiger partial charge in [-0.1, -0.05) is 13.8 Å². The van der Waals surface area contributed by atoms with Crippen molar-refractivity contribution in [2.24, 2.45) is 11.7 Å². The minimum atomic E-state index is 0.310. The minimum absolute atomic E-state index is 0.310. The Morgan fingerprint density at radius 1 is 1.50 bits per heavy atom. The first-order valence-electron chi connectivity index (χ1n) is 4.89. The molecule has 3 heteroatoms.